The van der Waals surface area contributed by atoms with E-state index < -0.39 is 0 Å². The molecule has 0 aliphatic carbocycles. The molecule has 2 rings (SSSR count). The first kappa shape index (κ1) is 14.8. The third-order valence-corrected chi connectivity index (χ3v) is 4.63. The van der Waals surface area contributed by atoms with E-state index in [0.717, 1.165) is 16.8 Å². The Balaban J connectivity index is 1.92. The number of methoxy groups -OCH3 is 1. The minimum absolute atomic E-state index is 0.358. The molecule has 4 heteroatoms. The second-order valence-electron chi connectivity index (χ2n) is 5.30. The number of likely N-dealkylation sites (N-methyl/N-ethyl adjacent to an activating group) is 1. The van der Waals surface area contributed by atoms with Gasteiger partial charge in [-0.1, -0.05) is 6.07 Å². The van der Waals surface area contributed by atoms with Crippen LogP contribution >= 0.6 is 15.9 Å². The zero-order valence-corrected chi connectivity index (χ0v) is 13.5. The fourth-order valence-electron chi connectivity index (χ4n) is 2.62. The number of ether oxygens (including phenoxy) is 1. The van der Waals surface area contributed by atoms with Crippen LogP contribution in [0.2, 0.25) is 0 Å². The summed E-state index contributed by atoms with van der Waals surface area (Å²) in [5.41, 5.74) is 1.29. The lowest BCUT2D eigenvalue weighted by atomic mass is 10.1. The second-order valence-corrected chi connectivity index (χ2v) is 6.15. The van der Waals surface area contributed by atoms with Gasteiger partial charge in [-0.3, -0.25) is 0 Å². The number of rotatable bonds is 5. The number of likely N-dealkylation sites (tertiary alicyclic amines) is 1. The van der Waals surface area contributed by atoms with Gasteiger partial charge >= 0.3 is 0 Å². The van der Waals surface area contributed by atoms with Crippen LogP contribution in [0.4, 0.5) is 0 Å². The molecule has 1 aliphatic heterocycles. The van der Waals surface area contributed by atoms with E-state index in [1.165, 1.54) is 24.9 Å². The molecule has 1 aromatic rings. The molecular formula is C15H23BrN2O. The van der Waals surface area contributed by atoms with Crippen LogP contribution in [0.15, 0.2) is 22.7 Å². The second kappa shape index (κ2) is 6.73. The molecule has 2 atom stereocenters. The van der Waals surface area contributed by atoms with E-state index in [1.807, 2.05) is 6.07 Å². The van der Waals surface area contributed by atoms with Crippen LogP contribution in [0.5, 0.6) is 5.75 Å². The van der Waals surface area contributed by atoms with Gasteiger partial charge in [-0.25, -0.2) is 0 Å². The Labute approximate surface area is 124 Å². The van der Waals surface area contributed by atoms with Gasteiger partial charge < -0.3 is 15.0 Å². The van der Waals surface area contributed by atoms with Crippen LogP contribution in [0, 0.1) is 0 Å². The van der Waals surface area contributed by atoms with E-state index in [2.05, 4.69) is 52.3 Å². The van der Waals surface area contributed by atoms with Crippen molar-refractivity contribution in [1.82, 2.24) is 10.2 Å². The van der Waals surface area contributed by atoms with E-state index in [9.17, 15) is 0 Å². The smallest absolute Gasteiger partial charge is 0.133 e. The predicted molar refractivity (Wildman–Crippen MR) is 82.8 cm³/mol. The lowest BCUT2D eigenvalue weighted by Crippen LogP contribution is -2.36. The lowest BCUT2D eigenvalue weighted by molar-refractivity contribution is 0.293. The summed E-state index contributed by atoms with van der Waals surface area (Å²) in [6.07, 6.45) is 2.63. The highest BCUT2D eigenvalue weighted by atomic mass is 79.9. The number of hydrogen-bond donors (Lipinski definition) is 1. The van der Waals surface area contributed by atoms with Crippen molar-refractivity contribution >= 4 is 15.9 Å². The highest BCUT2D eigenvalue weighted by molar-refractivity contribution is 9.10. The van der Waals surface area contributed by atoms with Gasteiger partial charge in [0.25, 0.3) is 0 Å². The SMILES string of the molecule is COc1ccc(C(C)NCC2CCCN2C)cc1Br. The number of halogens is 1. The molecule has 1 N–H and O–H groups in total. The molecule has 0 aromatic heterocycles. The van der Waals surface area contributed by atoms with Gasteiger partial charge in [0.2, 0.25) is 0 Å². The van der Waals surface area contributed by atoms with E-state index >= 15 is 0 Å². The van der Waals surface area contributed by atoms with E-state index in [-0.39, 0.29) is 0 Å². The fraction of sp³-hybridized carbons (Fsp3) is 0.600. The summed E-state index contributed by atoms with van der Waals surface area (Å²) >= 11 is 3.54. The van der Waals surface area contributed by atoms with Crippen molar-refractivity contribution in [2.75, 3.05) is 27.2 Å². The highest BCUT2D eigenvalue weighted by Gasteiger charge is 2.21. The van der Waals surface area contributed by atoms with Crippen LogP contribution in [0.3, 0.4) is 0 Å². The monoisotopic (exact) mass is 326 g/mol. The van der Waals surface area contributed by atoms with E-state index in [0.29, 0.717) is 12.1 Å². The van der Waals surface area contributed by atoms with Crippen LogP contribution in [0.25, 0.3) is 0 Å². The molecule has 3 nitrogen and oxygen atoms in total. The Hall–Kier alpha value is -0.580. The van der Waals surface area contributed by atoms with Gasteiger partial charge in [0.1, 0.15) is 5.75 Å². The van der Waals surface area contributed by atoms with Crippen LogP contribution in [-0.4, -0.2) is 38.2 Å². The zero-order valence-electron chi connectivity index (χ0n) is 11.9. The summed E-state index contributed by atoms with van der Waals surface area (Å²) in [5.74, 6) is 0.881. The third kappa shape index (κ3) is 3.71. The Morgan fingerprint density at radius 3 is 2.89 bits per heavy atom. The average molecular weight is 327 g/mol. The molecule has 0 spiro atoms. The fourth-order valence-corrected chi connectivity index (χ4v) is 3.18. The van der Waals surface area contributed by atoms with Crippen LogP contribution in [0.1, 0.15) is 31.4 Å². The lowest BCUT2D eigenvalue weighted by Gasteiger charge is -2.23. The number of nitrogens with one attached hydrogen (secondary N) is 1. The molecule has 1 saturated heterocycles. The van der Waals surface area contributed by atoms with Gasteiger partial charge in [0, 0.05) is 18.6 Å². The normalized spacial score (nSPS) is 21.6. The topological polar surface area (TPSA) is 24.5 Å². The summed E-state index contributed by atoms with van der Waals surface area (Å²) in [6, 6.07) is 7.31. The standard InChI is InChI=1S/C15H23BrN2O/c1-11(17-10-13-5-4-8-18(13)2)12-6-7-15(19-3)14(16)9-12/h6-7,9,11,13,17H,4-5,8,10H2,1-3H3. The summed E-state index contributed by atoms with van der Waals surface area (Å²) in [5, 5.41) is 3.63. The van der Waals surface area contributed by atoms with Gasteiger partial charge in [-0.15, -0.1) is 0 Å². The molecule has 1 heterocycles. The summed E-state index contributed by atoms with van der Waals surface area (Å²) in [6.45, 7) is 4.50. The van der Waals surface area contributed by atoms with Crippen molar-refractivity contribution in [3.05, 3.63) is 28.2 Å². The van der Waals surface area contributed by atoms with Crippen LogP contribution in [-0.2, 0) is 0 Å². The first-order valence-electron chi connectivity index (χ1n) is 6.89. The highest BCUT2D eigenvalue weighted by Crippen LogP contribution is 2.28. The Morgan fingerprint density at radius 2 is 2.32 bits per heavy atom. The molecule has 19 heavy (non-hydrogen) atoms. The maximum absolute atomic E-state index is 5.26. The van der Waals surface area contributed by atoms with Gasteiger partial charge in [0.15, 0.2) is 0 Å². The minimum Gasteiger partial charge on any atom is -0.496 e. The average Bonchev–Trinajstić information content (AvgIpc) is 2.81. The Bertz CT molecular complexity index is 425. The first-order valence-corrected chi connectivity index (χ1v) is 7.68. The maximum atomic E-state index is 5.26. The molecule has 0 amide bonds. The molecule has 0 saturated carbocycles. The molecular weight excluding hydrogens is 304 g/mol. The van der Waals surface area contributed by atoms with E-state index in [4.69, 9.17) is 4.74 Å². The van der Waals surface area contributed by atoms with Crippen LogP contribution < -0.4 is 10.1 Å². The third-order valence-electron chi connectivity index (χ3n) is 4.01. The molecule has 1 aliphatic rings. The van der Waals surface area contributed by atoms with Crippen molar-refractivity contribution in [2.24, 2.45) is 0 Å². The molecule has 1 fully saturated rings. The molecule has 0 radical (unpaired) electrons. The van der Waals surface area contributed by atoms with Crippen molar-refractivity contribution < 1.29 is 4.74 Å². The Morgan fingerprint density at radius 1 is 1.53 bits per heavy atom. The van der Waals surface area contributed by atoms with Gasteiger partial charge in [-0.05, 0) is 67.0 Å². The number of hydrogen-bond acceptors (Lipinski definition) is 3. The summed E-state index contributed by atoms with van der Waals surface area (Å²) < 4.78 is 6.27. The summed E-state index contributed by atoms with van der Waals surface area (Å²) in [7, 11) is 3.91. The number of benzene rings is 1. The zero-order chi connectivity index (χ0) is 13.8. The maximum Gasteiger partial charge on any atom is 0.133 e. The van der Waals surface area contributed by atoms with Gasteiger partial charge in [-0.2, -0.15) is 0 Å². The van der Waals surface area contributed by atoms with Crippen molar-refractivity contribution in [3.8, 4) is 5.75 Å². The minimum atomic E-state index is 0.358. The molecule has 1 aromatic carbocycles. The summed E-state index contributed by atoms with van der Waals surface area (Å²) in [4.78, 5) is 2.45. The Kier molecular flexibility index (Phi) is 5.25. The quantitative estimate of drug-likeness (QED) is 0.899. The number of nitrogens with zero attached hydrogens (tertiary/aromatic N) is 1. The van der Waals surface area contributed by atoms with E-state index in [1.54, 1.807) is 7.11 Å². The van der Waals surface area contributed by atoms with Gasteiger partial charge in [0.05, 0.1) is 11.6 Å². The van der Waals surface area contributed by atoms with Crippen molar-refractivity contribution in [2.45, 2.75) is 31.8 Å². The molecule has 106 valence electrons. The first-order chi connectivity index (χ1) is 9.11. The molecule has 0 bridgehead atoms. The van der Waals surface area contributed by atoms with Crippen molar-refractivity contribution in [3.63, 3.8) is 0 Å². The predicted octanol–water partition coefficient (Wildman–Crippen LogP) is 3.20. The van der Waals surface area contributed by atoms with Crippen molar-refractivity contribution in [1.29, 1.82) is 0 Å². The molecule has 2 unspecified atom stereocenters. The largest absolute Gasteiger partial charge is 0.496 e.